The van der Waals surface area contributed by atoms with Gasteiger partial charge in [-0.2, -0.15) is 0 Å². The maximum Gasteiger partial charge on any atom is 0.322 e. The fourth-order valence-electron chi connectivity index (χ4n) is 4.78. The van der Waals surface area contributed by atoms with Crippen molar-refractivity contribution in [1.29, 1.82) is 0 Å². The smallest absolute Gasteiger partial charge is 0.322 e. The summed E-state index contributed by atoms with van der Waals surface area (Å²) in [6.07, 6.45) is 2.82. The van der Waals surface area contributed by atoms with Crippen LogP contribution in [0.15, 0.2) is 48.5 Å². The molecule has 0 spiro atoms. The molecular formula is C30H35N5O5. The number of hydrogen-bond acceptors (Lipinski definition) is 7. The molecule has 0 atom stereocenters. The Bertz CT molecular complexity index is 1360. The molecule has 1 fully saturated rings. The predicted molar refractivity (Wildman–Crippen MR) is 151 cm³/mol. The molecule has 0 bridgehead atoms. The number of hydrogen-bond donors (Lipinski definition) is 3. The predicted octanol–water partition coefficient (Wildman–Crippen LogP) is 3.06. The molecule has 2 amide bonds. The Morgan fingerprint density at radius 1 is 0.975 bits per heavy atom. The number of aryl methyl sites for hydroxylation is 1. The Labute approximate surface area is 233 Å². The van der Waals surface area contributed by atoms with Crippen molar-refractivity contribution >= 4 is 23.5 Å². The number of carboxylic acids is 1. The van der Waals surface area contributed by atoms with Crippen LogP contribution in [0.25, 0.3) is 11.1 Å². The lowest BCUT2D eigenvalue weighted by molar-refractivity contribution is -0.135. The van der Waals surface area contributed by atoms with E-state index in [4.69, 9.17) is 5.11 Å². The molecule has 210 valence electrons. The molecule has 2 aromatic carbocycles. The second-order valence-corrected chi connectivity index (χ2v) is 10.3. The first kappa shape index (κ1) is 28.5. The van der Waals surface area contributed by atoms with Crippen LogP contribution in [0.5, 0.6) is 5.75 Å². The number of likely N-dealkylation sites (N-methyl/N-ethyl adjacent to an activating group) is 1. The summed E-state index contributed by atoms with van der Waals surface area (Å²) >= 11 is 0. The lowest BCUT2D eigenvalue weighted by Gasteiger charge is -2.33. The van der Waals surface area contributed by atoms with Crippen molar-refractivity contribution in [2.75, 3.05) is 38.6 Å². The van der Waals surface area contributed by atoms with Crippen molar-refractivity contribution in [2.45, 2.75) is 32.6 Å². The number of rotatable bonds is 9. The number of benzene rings is 2. The third-order valence-corrected chi connectivity index (χ3v) is 7.18. The SMILES string of the molecule is Cc1nc(CC2CCN(c3ccc(-c4ccc(CC(=O)N(C)C)cc4)cc3)CC2)nc(C(=O)NCC(=O)O)c1O. The van der Waals surface area contributed by atoms with Gasteiger partial charge >= 0.3 is 5.97 Å². The highest BCUT2D eigenvalue weighted by molar-refractivity contribution is 5.96. The standard InChI is InChI=1S/C30H35N5O5/c1-19-29(39)28(30(40)31-18-27(37)38)33-25(32-19)16-21-12-14-35(15-13-21)24-10-8-23(9-11-24)22-6-4-20(5-7-22)17-26(36)34(2)3/h4-11,21,39H,12-18H2,1-3H3,(H,31,40)(H,37,38). The molecule has 0 aliphatic carbocycles. The van der Waals surface area contributed by atoms with Crippen LogP contribution in [0.3, 0.4) is 0 Å². The van der Waals surface area contributed by atoms with Gasteiger partial charge in [0.25, 0.3) is 5.91 Å². The number of carboxylic acid groups (broad SMARTS) is 1. The van der Waals surface area contributed by atoms with Gasteiger partial charge in [0, 0.05) is 39.3 Å². The summed E-state index contributed by atoms with van der Waals surface area (Å²) in [5, 5.41) is 21.3. The molecule has 0 unspecified atom stereocenters. The fourth-order valence-corrected chi connectivity index (χ4v) is 4.78. The second kappa shape index (κ2) is 12.6. The minimum Gasteiger partial charge on any atom is -0.504 e. The molecule has 3 N–H and O–H groups in total. The van der Waals surface area contributed by atoms with E-state index in [0.717, 1.165) is 48.3 Å². The number of anilines is 1. The van der Waals surface area contributed by atoms with Crippen LogP contribution in [0.1, 0.15) is 40.4 Å². The Morgan fingerprint density at radius 3 is 2.15 bits per heavy atom. The first-order chi connectivity index (χ1) is 19.1. The number of carbonyl (C=O) groups is 3. The monoisotopic (exact) mass is 545 g/mol. The number of carbonyl (C=O) groups excluding carboxylic acids is 2. The van der Waals surface area contributed by atoms with E-state index in [1.807, 2.05) is 24.3 Å². The van der Waals surface area contributed by atoms with Crippen LogP contribution in [0.2, 0.25) is 0 Å². The van der Waals surface area contributed by atoms with E-state index in [9.17, 15) is 19.5 Å². The summed E-state index contributed by atoms with van der Waals surface area (Å²) in [5.41, 5.74) is 4.47. The minimum absolute atomic E-state index is 0.0803. The largest absolute Gasteiger partial charge is 0.504 e. The van der Waals surface area contributed by atoms with Crippen molar-refractivity contribution < 1.29 is 24.6 Å². The number of aliphatic carboxylic acids is 1. The van der Waals surface area contributed by atoms with Crippen molar-refractivity contribution in [3.05, 3.63) is 71.3 Å². The number of piperidine rings is 1. The van der Waals surface area contributed by atoms with Gasteiger partial charge < -0.3 is 25.3 Å². The summed E-state index contributed by atoms with van der Waals surface area (Å²) in [4.78, 5) is 47.6. The summed E-state index contributed by atoms with van der Waals surface area (Å²) in [5.74, 6) is -1.37. The molecule has 3 aromatic rings. The molecule has 0 radical (unpaired) electrons. The topological polar surface area (TPSA) is 136 Å². The molecule has 0 saturated carbocycles. The molecule has 1 aliphatic rings. The molecule has 1 aliphatic heterocycles. The lowest BCUT2D eigenvalue weighted by Crippen LogP contribution is -2.34. The van der Waals surface area contributed by atoms with Crippen molar-refractivity contribution in [1.82, 2.24) is 20.2 Å². The van der Waals surface area contributed by atoms with E-state index in [1.165, 1.54) is 0 Å². The molecule has 40 heavy (non-hydrogen) atoms. The zero-order chi connectivity index (χ0) is 28.8. The molecular weight excluding hydrogens is 510 g/mol. The fraction of sp³-hybridized carbons (Fsp3) is 0.367. The first-order valence-corrected chi connectivity index (χ1v) is 13.3. The normalized spacial score (nSPS) is 13.6. The molecule has 1 aromatic heterocycles. The van der Waals surface area contributed by atoms with Crippen LogP contribution >= 0.6 is 0 Å². The Morgan fingerprint density at radius 2 is 1.57 bits per heavy atom. The number of aromatic nitrogens is 2. The van der Waals surface area contributed by atoms with Crippen LogP contribution in [0.4, 0.5) is 5.69 Å². The summed E-state index contributed by atoms with van der Waals surface area (Å²) < 4.78 is 0. The highest BCUT2D eigenvalue weighted by Gasteiger charge is 2.23. The Hall–Kier alpha value is -4.47. The highest BCUT2D eigenvalue weighted by atomic mass is 16.4. The lowest BCUT2D eigenvalue weighted by atomic mass is 9.92. The number of aromatic hydroxyl groups is 1. The third kappa shape index (κ3) is 7.13. The zero-order valence-corrected chi connectivity index (χ0v) is 23.1. The summed E-state index contributed by atoms with van der Waals surface area (Å²) in [7, 11) is 3.52. The zero-order valence-electron chi connectivity index (χ0n) is 23.1. The second-order valence-electron chi connectivity index (χ2n) is 10.3. The molecule has 10 heteroatoms. The third-order valence-electron chi connectivity index (χ3n) is 7.18. The molecule has 2 heterocycles. The maximum atomic E-state index is 12.3. The highest BCUT2D eigenvalue weighted by Crippen LogP contribution is 2.29. The maximum absolute atomic E-state index is 12.3. The average molecular weight is 546 g/mol. The first-order valence-electron chi connectivity index (χ1n) is 13.3. The summed E-state index contributed by atoms with van der Waals surface area (Å²) in [6.45, 7) is 2.80. The Kier molecular flexibility index (Phi) is 8.98. The van der Waals surface area contributed by atoms with Gasteiger partial charge in [-0.1, -0.05) is 36.4 Å². The van der Waals surface area contributed by atoms with Gasteiger partial charge in [0.15, 0.2) is 11.4 Å². The number of amides is 2. The van der Waals surface area contributed by atoms with Crippen LogP contribution in [-0.2, 0) is 22.4 Å². The molecule has 4 rings (SSSR count). The van der Waals surface area contributed by atoms with Gasteiger partial charge in [-0.25, -0.2) is 9.97 Å². The van der Waals surface area contributed by atoms with E-state index in [-0.39, 0.29) is 17.4 Å². The van der Waals surface area contributed by atoms with E-state index in [1.54, 1.807) is 25.9 Å². The van der Waals surface area contributed by atoms with Crippen molar-refractivity contribution in [3.8, 4) is 16.9 Å². The van der Waals surface area contributed by atoms with E-state index >= 15 is 0 Å². The van der Waals surface area contributed by atoms with Gasteiger partial charge in [-0.15, -0.1) is 0 Å². The van der Waals surface area contributed by atoms with Crippen molar-refractivity contribution in [3.63, 3.8) is 0 Å². The molecule has 10 nitrogen and oxygen atoms in total. The van der Waals surface area contributed by atoms with Gasteiger partial charge in [0.05, 0.1) is 12.1 Å². The Balaban J connectivity index is 1.33. The van der Waals surface area contributed by atoms with E-state index < -0.39 is 18.4 Å². The van der Waals surface area contributed by atoms with Crippen LogP contribution in [0, 0.1) is 12.8 Å². The van der Waals surface area contributed by atoms with E-state index in [0.29, 0.717) is 30.3 Å². The van der Waals surface area contributed by atoms with Gasteiger partial charge in [-0.3, -0.25) is 14.4 Å². The van der Waals surface area contributed by atoms with Crippen LogP contribution < -0.4 is 10.2 Å². The van der Waals surface area contributed by atoms with Crippen LogP contribution in [-0.4, -0.2) is 76.6 Å². The number of nitrogens with one attached hydrogen (secondary N) is 1. The minimum atomic E-state index is -1.18. The average Bonchev–Trinajstić information content (AvgIpc) is 2.94. The quantitative estimate of drug-likeness (QED) is 0.373. The van der Waals surface area contributed by atoms with Gasteiger partial charge in [-0.05, 0) is 54.5 Å². The molecule has 1 saturated heterocycles. The number of nitrogens with zero attached hydrogens (tertiary/aromatic N) is 4. The van der Waals surface area contributed by atoms with Gasteiger partial charge in [0.1, 0.15) is 12.4 Å². The summed E-state index contributed by atoms with van der Waals surface area (Å²) in [6, 6.07) is 16.6. The van der Waals surface area contributed by atoms with Gasteiger partial charge in [0.2, 0.25) is 5.91 Å². The van der Waals surface area contributed by atoms with E-state index in [2.05, 4.69) is 44.5 Å². The van der Waals surface area contributed by atoms with Crippen molar-refractivity contribution in [2.24, 2.45) is 5.92 Å².